The van der Waals surface area contributed by atoms with E-state index in [4.69, 9.17) is 19.4 Å². The van der Waals surface area contributed by atoms with Crippen molar-refractivity contribution in [2.75, 3.05) is 0 Å². The fourth-order valence-corrected chi connectivity index (χ4v) is 11.3. The maximum atomic E-state index is 6.72. The van der Waals surface area contributed by atoms with Crippen LogP contribution in [0.4, 0.5) is 0 Å². The molecule has 5 aromatic heterocycles. The van der Waals surface area contributed by atoms with E-state index in [-0.39, 0.29) is 20.1 Å². The Kier molecular flexibility index (Phi) is 13.9. The topological polar surface area (TPSA) is 69.6 Å². The van der Waals surface area contributed by atoms with Crippen LogP contribution in [0.5, 0.6) is 0 Å². The molecular formula is C62H57GeIrN5O-2. The van der Waals surface area contributed by atoms with Crippen LogP contribution < -0.4 is 4.40 Å². The molecule has 0 amide bonds. The molecular weight excluding hydrogens is 1100 g/mol. The van der Waals surface area contributed by atoms with Crippen molar-refractivity contribution in [3.05, 3.63) is 193 Å². The number of hydrogen-bond acceptors (Lipinski definition) is 5. The molecule has 6 aromatic carbocycles. The molecule has 11 rings (SSSR count). The van der Waals surface area contributed by atoms with E-state index in [9.17, 15) is 0 Å². The van der Waals surface area contributed by atoms with E-state index in [1.54, 1.807) is 0 Å². The van der Waals surface area contributed by atoms with Crippen LogP contribution in [0, 0.1) is 25.0 Å². The maximum absolute atomic E-state index is 6.72. The molecule has 0 saturated carbocycles. The molecule has 5 heterocycles. The minimum absolute atomic E-state index is 0. The molecule has 1 unspecified atom stereocenters. The van der Waals surface area contributed by atoms with Crippen LogP contribution in [0.15, 0.2) is 168 Å². The zero-order valence-electron chi connectivity index (χ0n) is 41.3. The SMILES string of the molecule is CC(C)c1c[c-]c(-c2cc[c]([Ge]([CH3])([CH3])[CH3])cn2)cc1.Cc1ccc2c(ccc3nc(-c4[c-]ccc5c4oc4nc(C(C)C(C)C)ccc45)n(-c4c(-c5ccccc5)cccc4-c4ccccc4)c32)n1.[Ir]. The van der Waals surface area contributed by atoms with Gasteiger partial charge in [-0.1, -0.05) is 111 Å². The third-order valence-corrected chi connectivity index (χ3v) is 17.7. The fourth-order valence-electron chi connectivity index (χ4n) is 9.10. The summed E-state index contributed by atoms with van der Waals surface area (Å²) in [6.07, 6.45) is 2.06. The summed E-state index contributed by atoms with van der Waals surface area (Å²) >= 11 is -1.74. The van der Waals surface area contributed by atoms with Gasteiger partial charge < -0.3 is 8.98 Å². The molecule has 11 aromatic rings. The van der Waals surface area contributed by atoms with Crippen molar-refractivity contribution < 1.29 is 24.5 Å². The Balaban J connectivity index is 0.000000257. The fraction of sp³-hybridized carbons (Fsp3) is 0.194. The van der Waals surface area contributed by atoms with Gasteiger partial charge in [0.15, 0.2) is 0 Å². The Morgan fingerprint density at radius 1 is 0.614 bits per heavy atom. The van der Waals surface area contributed by atoms with Crippen LogP contribution >= 0.6 is 0 Å². The minimum Gasteiger partial charge on any atom is -0.486 e. The maximum Gasteiger partial charge on any atom is 0.216 e. The Labute approximate surface area is 428 Å². The molecule has 0 N–H and O–H groups in total. The largest absolute Gasteiger partial charge is 0.486 e. The first-order valence-corrected chi connectivity index (χ1v) is 31.4. The number of hydrogen-bond donors (Lipinski definition) is 0. The molecule has 0 bridgehead atoms. The summed E-state index contributed by atoms with van der Waals surface area (Å²) in [5.74, 6) is 9.23. The van der Waals surface area contributed by atoms with Gasteiger partial charge >= 0.3 is 119 Å². The smallest absolute Gasteiger partial charge is 0.216 e. The van der Waals surface area contributed by atoms with Crippen molar-refractivity contribution in [2.24, 2.45) is 5.92 Å². The zero-order chi connectivity index (χ0) is 48.0. The molecule has 0 aliphatic rings. The van der Waals surface area contributed by atoms with Gasteiger partial charge in [-0.25, -0.2) is 4.98 Å². The molecule has 351 valence electrons. The molecule has 0 aliphatic heterocycles. The van der Waals surface area contributed by atoms with Gasteiger partial charge in [0.25, 0.3) is 0 Å². The predicted octanol–water partition coefficient (Wildman–Crippen LogP) is 16.0. The third-order valence-electron chi connectivity index (χ3n) is 13.5. The number of aromatic nitrogens is 5. The average molecular weight is 1150 g/mol. The summed E-state index contributed by atoms with van der Waals surface area (Å²) in [6, 6.07) is 62.1. The molecule has 8 heteroatoms. The van der Waals surface area contributed by atoms with Crippen molar-refractivity contribution >= 4 is 61.7 Å². The second-order valence-corrected chi connectivity index (χ2v) is 30.5. The van der Waals surface area contributed by atoms with Gasteiger partial charge in [-0.15, -0.1) is 18.2 Å². The summed E-state index contributed by atoms with van der Waals surface area (Å²) < 4.78 is 10.5. The monoisotopic (exact) mass is 1150 g/mol. The zero-order valence-corrected chi connectivity index (χ0v) is 45.8. The molecule has 0 fully saturated rings. The Morgan fingerprint density at radius 2 is 1.30 bits per heavy atom. The van der Waals surface area contributed by atoms with Crippen LogP contribution in [-0.2, 0) is 20.1 Å². The Morgan fingerprint density at radius 3 is 1.91 bits per heavy atom. The quantitative estimate of drug-likeness (QED) is 0.106. The summed E-state index contributed by atoms with van der Waals surface area (Å²) in [4.78, 5) is 20.0. The number of pyridine rings is 3. The summed E-state index contributed by atoms with van der Waals surface area (Å²) in [5.41, 5.74) is 15.8. The Hall–Kier alpha value is -6.51. The van der Waals surface area contributed by atoms with Crippen molar-refractivity contribution in [3.8, 4) is 50.6 Å². The van der Waals surface area contributed by atoms with Gasteiger partial charge in [-0.3, -0.25) is 9.97 Å². The van der Waals surface area contributed by atoms with Gasteiger partial charge in [-0.05, 0) is 60.4 Å². The van der Waals surface area contributed by atoms with E-state index in [0.29, 0.717) is 23.5 Å². The molecule has 1 atom stereocenters. The van der Waals surface area contributed by atoms with E-state index >= 15 is 0 Å². The van der Waals surface area contributed by atoms with Gasteiger partial charge in [0.05, 0.1) is 33.6 Å². The number of nitrogens with zero attached hydrogens (tertiary/aromatic N) is 5. The first-order valence-electron chi connectivity index (χ1n) is 24.1. The van der Waals surface area contributed by atoms with E-state index in [2.05, 4.69) is 231 Å². The minimum atomic E-state index is -1.74. The van der Waals surface area contributed by atoms with Gasteiger partial charge in [0, 0.05) is 59.3 Å². The predicted molar refractivity (Wildman–Crippen MR) is 290 cm³/mol. The van der Waals surface area contributed by atoms with Gasteiger partial charge in [-0.2, -0.15) is 0 Å². The van der Waals surface area contributed by atoms with E-state index < -0.39 is 13.3 Å². The van der Waals surface area contributed by atoms with E-state index in [1.165, 1.54) is 9.96 Å². The first-order chi connectivity index (χ1) is 33.3. The number of fused-ring (bicyclic) bond motifs is 6. The second-order valence-electron chi connectivity index (χ2n) is 19.8. The van der Waals surface area contributed by atoms with Gasteiger partial charge in [0.2, 0.25) is 5.71 Å². The van der Waals surface area contributed by atoms with Crippen LogP contribution in [0.1, 0.15) is 63.4 Å². The van der Waals surface area contributed by atoms with Crippen molar-refractivity contribution in [2.45, 2.75) is 70.6 Å². The Bertz CT molecular complexity index is 3560. The first kappa shape index (κ1) is 48.5. The number of furan rings is 1. The molecule has 70 heavy (non-hydrogen) atoms. The van der Waals surface area contributed by atoms with E-state index in [1.807, 2.05) is 13.0 Å². The van der Waals surface area contributed by atoms with Crippen LogP contribution in [0.3, 0.4) is 0 Å². The van der Waals surface area contributed by atoms with Crippen molar-refractivity contribution in [1.29, 1.82) is 0 Å². The van der Waals surface area contributed by atoms with Crippen LogP contribution in [0.2, 0.25) is 17.3 Å². The van der Waals surface area contributed by atoms with Crippen molar-refractivity contribution in [1.82, 2.24) is 24.5 Å². The summed E-state index contributed by atoms with van der Waals surface area (Å²) in [6.45, 7) is 13.1. The van der Waals surface area contributed by atoms with Gasteiger partial charge in [0.1, 0.15) is 0 Å². The summed E-state index contributed by atoms with van der Waals surface area (Å²) in [7, 11) is 0. The number of aryl methyl sites for hydroxylation is 1. The molecule has 0 aliphatic carbocycles. The van der Waals surface area contributed by atoms with Crippen molar-refractivity contribution in [3.63, 3.8) is 0 Å². The number of imidazole rings is 1. The standard InChI is InChI=1S/C45H35N4O.C17H22GeN.Ir/c1-27(2)29(4)38-24-23-35-34-19-12-20-37(43(34)50-45(35)48-38)44-47-40-26-25-39-36(22-21-28(3)46-39)42(40)49(44)41-32(30-13-7-5-8-14-30)17-11-18-33(41)31-15-9-6-10-16-31;1-13(2)14-6-8-15(9-7-14)17-11-10-16(12-19-17)18(3,4)5;/h5-19,21-27,29H,1-4H3;6-8,10-13H,1-5H3;/q2*-1;. The van der Waals surface area contributed by atoms with E-state index in [0.717, 1.165) is 100 Å². The molecule has 0 saturated heterocycles. The number of rotatable bonds is 9. The molecule has 6 nitrogen and oxygen atoms in total. The van der Waals surface area contributed by atoms with Crippen LogP contribution in [0.25, 0.3) is 94.6 Å². The third kappa shape index (κ3) is 9.43. The normalized spacial score (nSPS) is 12.2. The molecule has 0 spiro atoms. The van der Waals surface area contributed by atoms with Crippen LogP contribution in [-0.4, -0.2) is 37.8 Å². The average Bonchev–Trinajstić information content (AvgIpc) is 3.95. The number of para-hydroxylation sites is 1. The summed E-state index contributed by atoms with van der Waals surface area (Å²) in [5, 5.41) is 3.00. The molecule has 1 radical (unpaired) electrons. The second kappa shape index (κ2) is 20.1. The number of benzene rings is 6.